The van der Waals surface area contributed by atoms with Gasteiger partial charge in [-0.3, -0.25) is 13.8 Å². The van der Waals surface area contributed by atoms with Crippen LogP contribution in [-0.2, 0) is 18.4 Å². The second-order valence-electron chi connectivity index (χ2n) is 15.7. The first-order valence-corrected chi connectivity index (χ1v) is 23.2. The first-order valence-electron chi connectivity index (χ1n) is 21.7. The number of unbranched alkanes of at least 4 members (excludes halogenated alkanes) is 22. The summed E-state index contributed by atoms with van der Waals surface area (Å²) in [6.45, 7) is 3.70. The zero-order chi connectivity index (χ0) is 40.9. The summed E-state index contributed by atoms with van der Waals surface area (Å²) in [5, 5.41) is 74.2. The van der Waals surface area contributed by atoms with Crippen molar-refractivity contribution in [1.29, 1.82) is 0 Å². The molecular formula is C41H80NO12P. The number of allylic oxidation sites excluding steroid dienone is 1. The Balaban J connectivity index is 2.60. The lowest BCUT2D eigenvalue weighted by Gasteiger charge is -2.41. The lowest BCUT2D eigenvalue weighted by atomic mass is 9.85. The number of aliphatic hydroxyl groups is 7. The number of carbonyl (C=O) groups is 1. The number of hydrogen-bond donors (Lipinski definition) is 9. The van der Waals surface area contributed by atoms with Gasteiger partial charge in [-0.05, 0) is 19.3 Å². The number of aliphatic hydroxyl groups excluding tert-OH is 7. The van der Waals surface area contributed by atoms with Gasteiger partial charge in [0.2, 0.25) is 5.91 Å². The first kappa shape index (κ1) is 52.1. The molecular weight excluding hydrogens is 729 g/mol. The zero-order valence-electron chi connectivity index (χ0n) is 34.1. The van der Waals surface area contributed by atoms with Crippen molar-refractivity contribution in [2.75, 3.05) is 6.61 Å². The minimum Gasteiger partial charge on any atom is -0.393 e. The summed E-state index contributed by atoms with van der Waals surface area (Å²) < 4.78 is 22.8. The molecule has 326 valence electrons. The van der Waals surface area contributed by atoms with E-state index in [1.54, 1.807) is 6.08 Å². The van der Waals surface area contributed by atoms with E-state index in [1.807, 2.05) is 0 Å². The number of phosphoric ester groups is 1. The fourth-order valence-corrected chi connectivity index (χ4v) is 7.97. The lowest BCUT2D eigenvalue weighted by molar-refractivity contribution is -0.220. The van der Waals surface area contributed by atoms with Gasteiger partial charge in [0.1, 0.15) is 36.6 Å². The summed E-state index contributed by atoms with van der Waals surface area (Å²) in [5.41, 5.74) is 0. The summed E-state index contributed by atoms with van der Waals surface area (Å²) >= 11 is 0. The normalized spacial score (nSPS) is 24.5. The minimum absolute atomic E-state index is 0.241. The van der Waals surface area contributed by atoms with Crippen LogP contribution >= 0.6 is 7.82 Å². The number of phosphoric acid groups is 1. The molecule has 1 fully saturated rings. The Morgan fingerprint density at radius 2 is 1.04 bits per heavy atom. The SMILES string of the molecule is CCCCCCCCCCCCCCCC/C=C/C(O)C(COP(=O)(O)OC1C(O)C(O)C(O)C(O)C1O)NC(=O)CC(O)CCCCCCCCCCC. The van der Waals surface area contributed by atoms with Crippen LogP contribution in [0.1, 0.15) is 181 Å². The Bertz CT molecular complexity index is 1010. The van der Waals surface area contributed by atoms with Crippen molar-refractivity contribution >= 4 is 13.7 Å². The standard InChI is InChI=1S/C41H80NO12P/c1-3-5-7-9-11-13-14-15-16-17-18-19-21-23-25-27-29-34(44)33(42-35(45)30-32(43)28-26-24-22-20-12-10-8-6-4-2)31-53-55(51,52)54-41-39(49)37(47)36(46)38(48)40(41)50/h27,29,32-34,36-41,43-44,46-50H,3-26,28,30-31H2,1-2H3,(H,42,45)(H,51,52)/b29-27+. The second kappa shape index (κ2) is 32.0. The van der Waals surface area contributed by atoms with E-state index in [4.69, 9.17) is 9.05 Å². The van der Waals surface area contributed by atoms with Crippen LogP contribution in [0.4, 0.5) is 0 Å². The lowest BCUT2D eigenvalue weighted by Crippen LogP contribution is -2.64. The molecule has 14 heteroatoms. The van der Waals surface area contributed by atoms with Crippen LogP contribution in [0.3, 0.4) is 0 Å². The Hall–Kier alpha value is -0.960. The van der Waals surface area contributed by atoms with Crippen LogP contribution in [0.15, 0.2) is 12.2 Å². The third kappa shape index (κ3) is 24.5. The van der Waals surface area contributed by atoms with E-state index in [9.17, 15) is 50.0 Å². The smallest absolute Gasteiger partial charge is 0.393 e. The molecule has 8 unspecified atom stereocenters. The highest BCUT2D eigenvalue weighted by molar-refractivity contribution is 7.47. The molecule has 1 aliphatic rings. The van der Waals surface area contributed by atoms with E-state index in [0.29, 0.717) is 12.8 Å². The number of amides is 1. The Morgan fingerprint density at radius 1 is 0.636 bits per heavy atom. The van der Waals surface area contributed by atoms with Crippen molar-refractivity contribution in [3.8, 4) is 0 Å². The van der Waals surface area contributed by atoms with Crippen LogP contribution in [0.2, 0.25) is 0 Å². The molecule has 0 aliphatic heterocycles. The molecule has 0 saturated heterocycles. The predicted molar refractivity (Wildman–Crippen MR) is 215 cm³/mol. The Labute approximate surface area is 331 Å². The highest BCUT2D eigenvalue weighted by Crippen LogP contribution is 2.47. The van der Waals surface area contributed by atoms with Gasteiger partial charge in [0, 0.05) is 0 Å². The minimum atomic E-state index is -5.13. The van der Waals surface area contributed by atoms with Crippen molar-refractivity contribution < 1.29 is 59.0 Å². The molecule has 0 bridgehead atoms. The average Bonchev–Trinajstić information content (AvgIpc) is 3.15. The molecule has 0 heterocycles. The van der Waals surface area contributed by atoms with E-state index in [1.165, 1.54) is 109 Å². The van der Waals surface area contributed by atoms with Gasteiger partial charge in [0.25, 0.3) is 0 Å². The fourth-order valence-electron chi connectivity index (χ4n) is 7.00. The van der Waals surface area contributed by atoms with Crippen LogP contribution in [0.25, 0.3) is 0 Å². The highest BCUT2D eigenvalue weighted by Gasteiger charge is 2.51. The fraction of sp³-hybridized carbons (Fsp3) is 0.927. The highest BCUT2D eigenvalue weighted by atomic mass is 31.2. The van der Waals surface area contributed by atoms with Gasteiger partial charge in [-0.25, -0.2) is 4.57 Å². The maximum Gasteiger partial charge on any atom is 0.472 e. The molecule has 1 amide bonds. The van der Waals surface area contributed by atoms with Crippen LogP contribution < -0.4 is 5.32 Å². The van der Waals surface area contributed by atoms with Crippen molar-refractivity contribution in [3.05, 3.63) is 12.2 Å². The average molecular weight is 810 g/mol. The van der Waals surface area contributed by atoms with Gasteiger partial charge in [0.15, 0.2) is 0 Å². The van der Waals surface area contributed by atoms with Crippen molar-refractivity contribution in [2.45, 2.75) is 236 Å². The first-order chi connectivity index (χ1) is 26.3. The van der Waals surface area contributed by atoms with Crippen LogP contribution in [0, 0.1) is 0 Å². The van der Waals surface area contributed by atoms with E-state index in [0.717, 1.165) is 44.9 Å². The second-order valence-corrected chi connectivity index (χ2v) is 17.1. The molecule has 0 spiro atoms. The van der Waals surface area contributed by atoms with Crippen LogP contribution in [0.5, 0.6) is 0 Å². The van der Waals surface area contributed by atoms with Crippen molar-refractivity contribution in [3.63, 3.8) is 0 Å². The third-order valence-electron chi connectivity index (χ3n) is 10.6. The molecule has 0 aromatic heterocycles. The summed E-state index contributed by atoms with van der Waals surface area (Å²) in [5.74, 6) is -0.594. The molecule has 9 N–H and O–H groups in total. The Kier molecular flexibility index (Phi) is 30.3. The molecule has 1 saturated carbocycles. The summed E-state index contributed by atoms with van der Waals surface area (Å²) in [7, 11) is -5.13. The summed E-state index contributed by atoms with van der Waals surface area (Å²) in [4.78, 5) is 23.3. The zero-order valence-corrected chi connectivity index (χ0v) is 35.0. The Morgan fingerprint density at radius 3 is 1.49 bits per heavy atom. The number of nitrogens with one attached hydrogen (secondary N) is 1. The number of hydrogen-bond acceptors (Lipinski definition) is 11. The van der Waals surface area contributed by atoms with Crippen LogP contribution in [-0.4, -0.2) is 108 Å². The summed E-state index contributed by atoms with van der Waals surface area (Å²) in [6.07, 6.45) is 17.5. The largest absolute Gasteiger partial charge is 0.472 e. The molecule has 1 rings (SSSR count). The van der Waals surface area contributed by atoms with Gasteiger partial charge >= 0.3 is 7.82 Å². The van der Waals surface area contributed by atoms with Gasteiger partial charge in [-0.1, -0.05) is 167 Å². The molecule has 8 atom stereocenters. The van der Waals surface area contributed by atoms with Gasteiger partial charge < -0.3 is 46.0 Å². The van der Waals surface area contributed by atoms with E-state index in [-0.39, 0.29) is 6.42 Å². The third-order valence-corrected chi connectivity index (χ3v) is 11.6. The quantitative estimate of drug-likeness (QED) is 0.0197. The van der Waals surface area contributed by atoms with Gasteiger partial charge in [-0.2, -0.15) is 0 Å². The molecule has 55 heavy (non-hydrogen) atoms. The number of carbonyl (C=O) groups excluding carboxylic acids is 1. The topological polar surface area (TPSA) is 226 Å². The maximum absolute atomic E-state index is 12.9. The molecule has 13 nitrogen and oxygen atoms in total. The van der Waals surface area contributed by atoms with E-state index in [2.05, 4.69) is 19.2 Å². The van der Waals surface area contributed by atoms with Crippen molar-refractivity contribution in [1.82, 2.24) is 5.32 Å². The number of rotatable bonds is 35. The predicted octanol–water partition coefficient (Wildman–Crippen LogP) is 6.25. The molecule has 0 aromatic rings. The molecule has 0 radical (unpaired) electrons. The van der Waals surface area contributed by atoms with Gasteiger partial charge in [0.05, 0.1) is 31.3 Å². The monoisotopic (exact) mass is 810 g/mol. The van der Waals surface area contributed by atoms with Crippen molar-refractivity contribution in [2.24, 2.45) is 0 Å². The molecule has 0 aromatic carbocycles. The maximum atomic E-state index is 12.9. The van der Waals surface area contributed by atoms with E-state index >= 15 is 0 Å². The summed E-state index contributed by atoms with van der Waals surface area (Å²) in [6, 6.07) is -1.23. The molecule has 1 aliphatic carbocycles. The van der Waals surface area contributed by atoms with Gasteiger partial charge in [-0.15, -0.1) is 0 Å². The van der Waals surface area contributed by atoms with E-state index < -0.39 is 75.2 Å².